The molecule has 0 fully saturated rings. The fourth-order valence-electron chi connectivity index (χ4n) is 1.38. The first-order valence-electron chi connectivity index (χ1n) is 5.39. The number of rotatable bonds is 4. The number of hydrogen-bond acceptors (Lipinski definition) is 3. The van der Waals surface area contributed by atoms with Crippen molar-refractivity contribution in [1.29, 1.82) is 0 Å². The molecule has 0 saturated carbocycles. The predicted octanol–water partition coefficient (Wildman–Crippen LogP) is 0.443. The Hall–Kier alpha value is -2.04. The third kappa shape index (κ3) is 3.79. The molecule has 4 N–H and O–H groups in total. The van der Waals surface area contributed by atoms with E-state index in [9.17, 15) is 9.59 Å². The second-order valence-electron chi connectivity index (χ2n) is 3.77. The average Bonchev–Trinajstić information content (AvgIpc) is 2.31. The van der Waals surface area contributed by atoms with Gasteiger partial charge in [0, 0.05) is 25.7 Å². The third-order valence-electron chi connectivity index (χ3n) is 2.37. The number of carbonyl (C=O) groups excluding carboxylic acids is 2. The van der Waals surface area contributed by atoms with Crippen molar-refractivity contribution in [3.05, 3.63) is 29.3 Å². The minimum absolute atomic E-state index is 0.109. The molecule has 0 aromatic heterocycles. The van der Waals surface area contributed by atoms with Gasteiger partial charge in [-0.05, 0) is 19.1 Å². The van der Waals surface area contributed by atoms with Crippen molar-refractivity contribution < 1.29 is 9.59 Å². The molecule has 0 aliphatic rings. The number of nitrogen functional groups attached to an aromatic ring is 1. The number of nitrogens with two attached hydrogens (primary N) is 1. The molecule has 0 heterocycles. The van der Waals surface area contributed by atoms with Gasteiger partial charge in [-0.3, -0.25) is 9.59 Å². The first kappa shape index (κ1) is 13.0. The second-order valence-corrected chi connectivity index (χ2v) is 3.77. The van der Waals surface area contributed by atoms with Crippen molar-refractivity contribution in [3.8, 4) is 0 Å². The standard InChI is InChI=1S/C12H17N3O2/c1-8-3-4-10(13)9(7-8)12(17)15-6-5-11(16)14-2/h3-4,7H,5-6,13H2,1-2H3,(H,14,16)(H,15,17). The molecule has 1 rings (SSSR count). The maximum atomic E-state index is 11.8. The normalized spacial score (nSPS) is 9.76. The van der Waals surface area contributed by atoms with E-state index in [1.807, 2.05) is 13.0 Å². The number of anilines is 1. The van der Waals surface area contributed by atoms with Gasteiger partial charge in [0.15, 0.2) is 0 Å². The molecule has 5 heteroatoms. The van der Waals surface area contributed by atoms with Crippen LogP contribution in [0.5, 0.6) is 0 Å². The molecule has 1 aromatic rings. The van der Waals surface area contributed by atoms with Crippen molar-refractivity contribution in [1.82, 2.24) is 10.6 Å². The second kappa shape index (κ2) is 5.89. The van der Waals surface area contributed by atoms with E-state index in [1.54, 1.807) is 19.2 Å². The minimum Gasteiger partial charge on any atom is -0.398 e. The molecule has 0 atom stereocenters. The van der Waals surface area contributed by atoms with E-state index in [4.69, 9.17) is 5.73 Å². The summed E-state index contributed by atoms with van der Waals surface area (Å²) < 4.78 is 0. The van der Waals surface area contributed by atoms with Crippen molar-refractivity contribution in [3.63, 3.8) is 0 Å². The average molecular weight is 235 g/mol. The summed E-state index contributed by atoms with van der Waals surface area (Å²) in [6.45, 7) is 2.19. The molecule has 17 heavy (non-hydrogen) atoms. The number of carbonyl (C=O) groups is 2. The van der Waals surface area contributed by atoms with Crippen LogP contribution in [0.1, 0.15) is 22.3 Å². The molecular weight excluding hydrogens is 218 g/mol. The molecule has 5 nitrogen and oxygen atoms in total. The maximum Gasteiger partial charge on any atom is 0.253 e. The lowest BCUT2D eigenvalue weighted by Crippen LogP contribution is -2.29. The van der Waals surface area contributed by atoms with Crippen LogP contribution in [-0.2, 0) is 4.79 Å². The molecule has 0 spiro atoms. The SMILES string of the molecule is CNC(=O)CCNC(=O)c1cc(C)ccc1N. The fourth-order valence-corrected chi connectivity index (χ4v) is 1.38. The lowest BCUT2D eigenvalue weighted by atomic mass is 10.1. The molecular formula is C12H17N3O2. The van der Waals surface area contributed by atoms with Crippen LogP contribution in [0.2, 0.25) is 0 Å². The molecule has 2 amide bonds. The zero-order valence-corrected chi connectivity index (χ0v) is 10.0. The number of nitrogens with one attached hydrogen (secondary N) is 2. The van der Waals surface area contributed by atoms with Crippen molar-refractivity contribution in [2.45, 2.75) is 13.3 Å². The molecule has 0 aliphatic carbocycles. The highest BCUT2D eigenvalue weighted by Crippen LogP contribution is 2.13. The largest absolute Gasteiger partial charge is 0.398 e. The quantitative estimate of drug-likeness (QED) is 0.662. The van der Waals surface area contributed by atoms with E-state index >= 15 is 0 Å². The smallest absolute Gasteiger partial charge is 0.253 e. The molecule has 0 radical (unpaired) electrons. The lowest BCUT2D eigenvalue weighted by molar-refractivity contribution is -0.120. The number of aryl methyl sites for hydroxylation is 1. The zero-order valence-electron chi connectivity index (χ0n) is 10.0. The van der Waals surface area contributed by atoms with E-state index in [0.29, 0.717) is 17.8 Å². The summed E-state index contributed by atoms with van der Waals surface area (Å²) in [4.78, 5) is 22.7. The van der Waals surface area contributed by atoms with E-state index in [1.165, 1.54) is 0 Å². The van der Waals surface area contributed by atoms with Crippen LogP contribution >= 0.6 is 0 Å². The first-order valence-corrected chi connectivity index (χ1v) is 5.39. The Balaban J connectivity index is 2.58. The summed E-state index contributed by atoms with van der Waals surface area (Å²) in [7, 11) is 1.56. The van der Waals surface area contributed by atoms with Gasteiger partial charge in [0.05, 0.1) is 5.56 Å². The molecule has 0 bridgehead atoms. The summed E-state index contributed by atoms with van der Waals surface area (Å²) in [6, 6.07) is 5.27. The third-order valence-corrected chi connectivity index (χ3v) is 2.37. The van der Waals surface area contributed by atoms with E-state index in [0.717, 1.165) is 5.56 Å². The summed E-state index contributed by atoms with van der Waals surface area (Å²) in [5, 5.41) is 5.14. The highest BCUT2D eigenvalue weighted by molar-refractivity contribution is 5.99. The molecule has 0 unspecified atom stereocenters. The maximum absolute atomic E-state index is 11.8. The Morgan fingerprint density at radius 1 is 1.35 bits per heavy atom. The van der Waals surface area contributed by atoms with Gasteiger partial charge in [0.1, 0.15) is 0 Å². The van der Waals surface area contributed by atoms with Crippen LogP contribution < -0.4 is 16.4 Å². The number of benzene rings is 1. The zero-order chi connectivity index (χ0) is 12.8. The number of amides is 2. The van der Waals surface area contributed by atoms with Crippen LogP contribution in [0.25, 0.3) is 0 Å². The Morgan fingerprint density at radius 3 is 2.71 bits per heavy atom. The van der Waals surface area contributed by atoms with Crippen LogP contribution in [0.3, 0.4) is 0 Å². The molecule has 0 aliphatic heterocycles. The lowest BCUT2D eigenvalue weighted by Gasteiger charge is -2.07. The summed E-state index contributed by atoms with van der Waals surface area (Å²) in [6.07, 6.45) is 0.258. The predicted molar refractivity (Wildman–Crippen MR) is 66.6 cm³/mol. The Morgan fingerprint density at radius 2 is 2.06 bits per heavy atom. The highest BCUT2D eigenvalue weighted by Gasteiger charge is 2.09. The molecule has 1 aromatic carbocycles. The van der Waals surface area contributed by atoms with Crippen molar-refractivity contribution in [2.24, 2.45) is 0 Å². The first-order chi connectivity index (χ1) is 8.04. The van der Waals surface area contributed by atoms with Gasteiger partial charge in [-0.25, -0.2) is 0 Å². The van der Waals surface area contributed by atoms with Gasteiger partial charge >= 0.3 is 0 Å². The number of hydrogen-bond donors (Lipinski definition) is 3. The van der Waals surface area contributed by atoms with Gasteiger partial charge in [-0.15, -0.1) is 0 Å². The highest BCUT2D eigenvalue weighted by atomic mass is 16.2. The topological polar surface area (TPSA) is 84.2 Å². The summed E-state index contributed by atoms with van der Waals surface area (Å²) in [5.74, 6) is -0.363. The summed E-state index contributed by atoms with van der Waals surface area (Å²) in [5.41, 5.74) is 7.56. The van der Waals surface area contributed by atoms with Crippen LogP contribution in [0, 0.1) is 6.92 Å². The van der Waals surface area contributed by atoms with E-state index in [2.05, 4.69) is 10.6 Å². The van der Waals surface area contributed by atoms with Gasteiger partial charge in [0.25, 0.3) is 5.91 Å². The van der Waals surface area contributed by atoms with E-state index < -0.39 is 0 Å². The van der Waals surface area contributed by atoms with Gasteiger partial charge < -0.3 is 16.4 Å². The molecule has 92 valence electrons. The van der Waals surface area contributed by atoms with Crippen LogP contribution in [0.15, 0.2) is 18.2 Å². The Labute approximate surface area is 100 Å². The monoisotopic (exact) mass is 235 g/mol. The van der Waals surface area contributed by atoms with Crippen LogP contribution in [-0.4, -0.2) is 25.4 Å². The van der Waals surface area contributed by atoms with Gasteiger partial charge in [-0.1, -0.05) is 11.6 Å². The Kier molecular flexibility index (Phi) is 4.51. The van der Waals surface area contributed by atoms with Crippen molar-refractivity contribution in [2.75, 3.05) is 19.3 Å². The molecule has 0 saturated heterocycles. The fraction of sp³-hybridized carbons (Fsp3) is 0.333. The van der Waals surface area contributed by atoms with E-state index in [-0.39, 0.29) is 18.2 Å². The Bertz CT molecular complexity index is 430. The van der Waals surface area contributed by atoms with Crippen LogP contribution in [0.4, 0.5) is 5.69 Å². The minimum atomic E-state index is -0.255. The van der Waals surface area contributed by atoms with Gasteiger partial charge in [0.2, 0.25) is 5.91 Å². The summed E-state index contributed by atoms with van der Waals surface area (Å²) >= 11 is 0. The van der Waals surface area contributed by atoms with Gasteiger partial charge in [-0.2, -0.15) is 0 Å². The van der Waals surface area contributed by atoms with Crippen molar-refractivity contribution >= 4 is 17.5 Å².